The summed E-state index contributed by atoms with van der Waals surface area (Å²) < 4.78 is 0. The van der Waals surface area contributed by atoms with Crippen LogP contribution in [-0.2, 0) is 11.2 Å². The molecule has 0 aliphatic heterocycles. The van der Waals surface area contributed by atoms with E-state index in [1.54, 1.807) is 0 Å². The highest BCUT2D eigenvalue weighted by Gasteiger charge is 2.19. The Hall–Kier alpha value is -2.44. The van der Waals surface area contributed by atoms with Gasteiger partial charge in [0.15, 0.2) is 11.5 Å². The number of aromatic hydroxyl groups is 2. The Balaban J connectivity index is 2.82. The van der Waals surface area contributed by atoms with Gasteiger partial charge in [-0.05, 0) is 17.7 Å². The maximum Gasteiger partial charge on any atom is 0.326 e. The number of phenolic OH excluding ortho intramolecular Hbond substituents is 2. The van der Waals surface area contributed by atoms with Crippen LogP contribution in [0.2, 0.25) is 0 Å². The maximum atomic E-state index is 10.8. The van der Waals surface area contributed by atoms with Crippen molar-refractivity contribution in [2.45, 2.75) is 12.5 Å². The number of benzene rings is 1. The van der Waals surface area contributed by atoms with Crippen molar-refractivity contribution in [3.8, 4) is 11.5 Å². The van der Waals surface area contributed by atoms with Crippen LogP contribution in [0.3, 0.4) is 0 Å². The molecule has 1 atom stereocenters. The number of carboxylic acid groups (broad SMARTS) is 1. The Morgan fingerprint density at radius 1 is 1.29 bits per heavy atom. The van der Waals surface area contributed by atoms with Crippen LogP contribution in [0.25, 0.3) is 0 Å². The fourth-order valence-corrected chi connectivity index (χ4v) is 1.30. The molecule has 6 N–H and O–H groups in total. The number of aliphatic carboxylic acids is 1. The number of hydrogen-bond donors (Lipinski definition) is 5. The Bertz CT molecular complexity index is 446. The number of amides is 2. The van der Waals surface area contributed by atoms with Gasteiger partial charge >= 0.3 is 12.0 Å². The van der Waals surface area contributed by atoms with E-state index in [-0.39, 0.29) is 17.9 Å². The number of rotatable bonds is 4. The van der Waals surface area contributed by atoms with Gasteiger partial charge in [-0.15, -0.1) is 0 Å². The molecule has 1 rings (SSSR count). The van der Waals surface area contributed by atoms with E-state index in [0.717, 1.165) is 0 Å². The summed E-state index contributed by atoms with van der Waals surface area (Å²) >= 11 is 0. The number of carbonyl (C=O) groups is 2. The molecule has 1 aromatic rings. The van der Waals surface area contributed by atoms with E-state index in [0.29, 0.717) is 5.56 Å². The molecule has 0 radical (unpaired) electrons. The molecule has 1 aromatic carbocycles. The summed E-state index contributed by atoms with van der Waals surface area (Å²) in [4.78, 5) is 21.4. The quantitative estimate of drug-likeness (QED) is 0.463. The number of phenols is 2. The van der Waals surface area contributed by atoms with E-state index in [4.69, 9.17) is 15.9 Å². The lowest BCUT2D eigenvalue weighted by molar-refractivity contribution is -0.139. The zero-order valence-electron chi connectivity index (χ0n) is 8.75. The predicted octanol–water partition coefficient (Wildman–Crippen LogP) is -0.238. The molecule has 0 saturated carbocycles. The highest BCUT2D eigenvalue weighted by atomic mass is 16.4. The third kappa shape index (κ3) is 3.56. The minimum Gasteiger partial charge on any atom is -0.504 e. The second-order valence-electron chi connectivity index (χ2n) is 3.43. The van der Waals surface area contributed by atoms with E-state index >= 15 is 0 Å². The molecule has 0 spiro atoms. The zero-order valence-corrected chi connectivity index (χ0v) is 8.75. The first-order chi connectivity index (χ1) is 7.90. The van der Waals surface area contributed by atoms with Crippen LogP contribution in [0.1, 0.15) is 5.56 Å². The fourth-order valence-electron chi connectivity index (χ4n) is 1.30. The number of nitrogens with one attached hydrogen (secondary N) is 1. The van der Waals surface area contributed by atoms with Crippen LogP contribution in [0.4, 0.5) is 4.79 Å². The van der Waals surface area contributed by atoms with Crippen molar-refractivity contribution >= 4 is 12.0 Å². The molecule has 0 aliphatic rings. The topological polar surface area (TPSA) is 133 Å². The second-order valence-corrected chi connectivity index (χ2v) is 3.43. The summed E-state index contributed by atoms with van der Waals surface area (Å²) in [6.07, 6.45) is -0.0495. The summed E-state index contributed by atoms with van der Waals surface area (Å²) in [5, 5.41) is 29.2. The van der Waals surface area contributed by atoms with Crippen molar-refractivity contribution in [1.82, 2.24) is 5.32 Å². The van der Waals surface area contributed by atoms with Crippen molar-refractivity contribution in [2.75, 3.05) is 0 Å². The van der Waals surface area contributed by atoms with Crippen molar-refractivity contribution in [3.63, 3.8) is 0 Å². The van der Waals surface area contributed by atoms with Gasteiger partial charge in [-0.2, -0.15) is 0 Å². The van der Waals surface area contributed by atoms with E-state index < -0.39 is 18.0 Å². The molecule has 7 heteroatoms. The van der Waals surface area contributed by atoms with Gasteiger partial charge in [0.05, 0.1) is 0 Å². The van der Waals surface area contributed by atoms with E-state index in [1.807, 2.05) is 0 Å². The van der Waals surface area contributed by atoms with Crippen molar-refractivity contribution in [1.29, 1.82) is 0 Å². The first-order valence-corrected chi connectivity index (χ1v) is 4.69. The lowest BCUT2D eigenvalue weighted by atomic mass is 10.1. The number of carbonyl (C=O) groups excluding carboxylic acids is 1. The van der Waals surface area contributed by atoms with Gasteiger partial charge in [0, 0.05) is 6.42 Å². The smallest absolute Gasteiger partial charge is 0.326 e. The maximum absolute atomic E-state index is 10.8. The van der Waals surface area contributed by atoms with Gasteiger partial charge in [-0.3, -0.25) is 0 Å². The summed E-state index contributed by atoms with van der Waals surface area (Å²) in [6, 6.07) is 1.76. The van der Waals surface area contributed by atoms with E-state index in [9.17, 15) is 14.7 Å². The highest BCUT2D eigenvalue weighted by Crippen LogP contribution is 2.25. The molecule has 92 valence electrons. The largest absolute Gasteiger partial charge is 0.504 e. The lowest BCUT2D eigenvalue weighted by Crippen LogP contribution is -2.44. The number of carboxylic acids is 1. The molecule has 17 heavy (non-hydrogen) atoms. The van der Waals surface area contributed by atoms with Crippen LogP contribution in [0.15, 0.2) is 18.2 Å². The monoisotopic (exact) mass is 240 g/mol. The third-order valence-electron chi connectivity index (χ3n) is 2.09. The van der Waals surface area contributed by atoms with E-state index in [1.165, 1.54) is 18.2 Å². The van der Waals surface area contributed by atoms with Gasteiger partial charge < -0.3 is 26.4 Å². The summed E-state index contributed by atoms with van der Waals surface area (Å²) in [5.41, 5.74) is 5.28. The number of urea groups is 1. The average molecular weight is 240 g/mol. The average Bonchev–Trinajstić information content (AvgIpc) is 2.21. The molecule has 0 aromatic heterocycles. The molecular weight excluding hydrogens is 228 g/mol. The van der Waals surface area contributed by atoms with Crippen LogP contribution in [0, 0.1) is 0 Å². The Morgan fingerprint density at radius 3 is 2.41 bits per heavy atom. The summed E-state index contributed by atoms with van der Waals surface area (Å²) in [7, 11) is 0. The number of hydrogen-bond acceptors (Lipinski definition) is 4. The first-order valence-electron chi connectivity index (χ1n) is 4.69. The van der Waals surface area contributed by atoms with Crippen molar-refractivity contribution in [3.05, 3.63) is 23.8 Å². The second kappa shape index (κ2) is 5.06. The van der Waals surface area contributed by atoms with Crippen molar-refractivity contribution in [2.24, 2.45) is 5.73 Å². The first kappa shape index (κ1) is 12.6. The van der Waals surface area contributed by atoms with Crippen LogP contribution in [0.5, 0.6) is 11.5 Å². The molecule has 0 fully saturated rings. The predicted molar refractivity (Wildman–Crippen MR) is 57.6 cm³/mol. The Morgan fingerprint density at radius 2 is 1.94 bits per heavy atom. The molecule has 0 saturated heterocycles. The molecule has 7 nitrogen and oxygen atoms in total. The van der Waals surface area contributed by atoms with E-state index in [2.05, 4.69) is 5.32 Å². The molecular formula is C10H12N2O5. The SMILES string of the molecule is NC(=O)N[C@H](Cc1ccc(O)c(O)c1)C(=O)O. The normalized spacial score (nSPS) is 11.8. The lowest BCUT2D eigenvalue weighted by Gasteiger charge is -2.13. The highest BCUT2D eigenvalue weighted by molar-refractivity contribution is 5.81. The van der Waals surface area contributed by atoms with Gasteiger partial charge in [0.25, 0.3) is 0 Å². The molecule has 0 aliphatic carbocycles. The fraction of sp³-hybridized carbons (Fsp3) is 0.200. The van der Waals surface area contributed by atoms with Crippen LogP contribution >= 0.6 is 0 Å². The Kier molecular flexibility index (Phi) is 3.76. The van der Waals surface area contributed by atoms with Gasteiger partial charge in [0.2, 0.25) is 0 Å². The standard InChI is InChI=1S/C10H12N2O5/c11-10(17)12-6(9(15)16)3-5-1-2-7(13)8(14)4-5/h1-2,4,6,13-14H,3H2,(H,15,16)(H3,11,12,17)/t6-/m1/s1. The Labute approximate surface area is 96.5 Å². The number of primary amides is 1. The molecule has 0 heterocycles. The van der Waals surface area contributed by atoms with Crippen LogP contribution < -0.4 is 11.1 Å². The van der Waals surface area contributed by atoms with Gasteiger partial charge in [0.1, 0.15) is 6.04 Å². The molecule has 0 bridgehead atoms. The van der Waals surface area contributed by atoms with Gasteiger partial charge in [-0.1, -0.05) is 6.07 Å². The summed E-state index contributed by atoms with van der Waals surface area (Å²) in [6.45, 7) is 0. The minimum atomic E-state index is -1.24. The summed E-state index contributed by atoms with van der Waals surface area (Å²) in [5.74, 6) is -1.90. The van der Waals surface area contributed by atoms with Gasteiger partial charge in [-0.25, -0.2) is 9.59 Å². The molecule has 0 unspecified atom stereocenters. The van der Waals surface area contributed by atoms with Crippen LogP contribution in [-0.4, -0.2) is 33.4 Å². The minimum absolute atomic E-state index is 0.0495. The molecule has 2 amide bonds. The van der Waals surface area contributed by atoms with Crippen molar-refractivity contribution < 1.29 is 24.9 Å². The number of nitrogens with two attached hydrogens (primary N) is 1. The third-order valence-corrected chi connectivity index (χ3v) is 2.09. The zero-order chi connectivity index (χ0) is 13.0.